The van der Waals surface area contributed by atoms with E-state index in [1.54, 1.807) is 0 Å². The van der Waals surface area contributed by atoms with Crippen molar-refractivity contribution in [2.45, 2.75) is 44.7 Å². The van der Waals surface area contributed by atoms with Crippen LogP contribution in [0.3, 0.4) is 0 Å². The Kier molecular flexibility index (Phi) is 0.976. The second-order valence-electron chi connectivity index (χ2n) is 4.83. The molecule has 0 aromatic heterocycles. The molecule has 0 spiro atoms. The maximum atomic E-state index is 3.83. The van der Waals surface area contributed by atoms with Gasteiger partial charge >= 0.3 is 0 Å². The van der Waals surface area contributed by atoms with E-state index in [0.717, 1.165) is 23.8 Å². The van der Waals surface area contributed by atoms with Crippen LogP contribution in [0.4, 0.5) is 0 Å². The molecule has 3 aliphatic rings. The molecule has 0 aliphatic heterocycles. The summed E-state index contributed by atoms with van der Waals surface area (Å²) in [5.74, 6) is 3.14. The fraction of sp³-hybridized carbons (Fsp3) is 1.00. The van der Waals surface area contributed by atoms with Gasteiger partial charge in [0.1, 0.15) is 0 Å². The monoisotopic (exact) mass is 151 g/mol. The highest BCUT2D eigenvalue weighted by atomic mass is 15.2. The summed E-state index contributed by atoms with van der Waals surface area (Å²) in [6, 6.07) is 0.900. The highest BCUT2D eigenvalue weighted by Gasteiger charge is 2.78. The summed E-state index contributed by atoms with van der Waals surface area (Å²) in [6.07, 6.45) is 4.33. The van der Waals surface area contributed by atoms with Crippen molar-refractivity contribution in [3.05, 3.63) is 0 Å². The molecule has 3 fully saturated rings. The van der Waals surface area contributed by atoms with Crippen LogP contribution >= 0.6 is 0 Å². The second kappa shape index (κ2) is 1.66. The van der Waals surface area contributed by atoms with Gasteiger partial charge in [-0.2, -0.15) is 0 Å². The molecule has 0 amide bonds. The van der Waals surface area contributed by atoms with Crippen LogP contribution < -0.4 is 5.32 Å². The minimum atomic E-state index is 0.699. The first-order valence-corrected chi connectivity index (χ1v) is 5.05. The zero-order chi connectivity index (χ0) is 7.64. The molecule has 0 saturated heterocycles. The van der Waals surface area contributed by atoms with Crippen LogP contribution in [-0.4, -0.2) is 11.6 Å². The van der Waals surface area contributed by atoms with Crippen molar-refractivity contribution in [3.8, 4) is 0 Å². The SMILES string of the molecule is CCC1C2CC12NC1CC1C. The highest BCUT2D eigenvalue weighted by molar-refractivity contribution is 5.33. The summed E-state index contributed by atoms with van der Waals surface area (Å²) < 4.78 is 0. The van der Waals surface area contributed by atoms with Gasteiger partial charge in [-0.05, 0) is 30.6 Å². The first-order chi connectivity index (χ1) is 5.28. The van der Waals surface area contributed by atoms with E-state index in [0.29, 0.717) is 5.54 Å². The lowest BCUT2D eigenvalue weighted by atomic mass is 10.1. The summed E-state index contributed by atoms with van der Waals surface area (Å²) in [5, 5.41) is 3.83. The Hall–Kier alpha value is -0.0400. The predicted molar refractivity (Wildman–Crippen MR) is 45.3 cm³/mol. The van der Waals surface area contributed by atoms with Crippen molar-refractivity contribution in [2.24, 2.45) is 17.8 Å². The molecule has 3 aliphatic carbocycles. The summed E-state index contributed by atoms with van der Waals surface area (Å²) >= 11 is 0. The van der Waals surface area contributed by atoms with Gasteiger partial charge in [0, 0.05) is 11.6 Å². The van der Waals surface area contributed by atoms with Gasteiger partial charge in [-0.3, -0.25) is 0 Å². The van der Waals surface area contributed by atoms with Crippen LogP contribution in [0.25, 0.3) is 0 Å². The van der Waals surface area contributed by atoms with Crippen LogP contribution in [0, 0.1) is 17.8 Å². The lowest BCUT2D eigenvalue weighted by Crippen LogP contribution is -2.29. The molecule has 0 heterocycles. The van der Waals surface area contributed by atoms with Gasteiger partial charge < -0.3 is 5.32 Å². The quantitative estimate of drug-likeness (QED) is 0.648. The third kappa shape index (κ3) is 0.703. The van der Waals surface area contributed by atoms with Crippen molar-refractivity contribution < 1.29 is 0 Å². The molecule has 1 heteroatoms. The fourth-order valence-electron chi connectivity index (χ4n) is 2.83. The molecular formula is C10H17N. The zero-order valence-corrected chi connectivity index (χ0v) is 7.43. The van der Waals surface area contributed by atoms with Crippen molar-refractivity contribution in [3.63, 3.8) is 0 Å². The van der Waals surface area contributed by atoms with Crippen LogP contribution in [0.1, 0.15) is 33.1 Å². The fourth-order valence-corrected chi connectivity index (χ4v) is 2.83. The molecule has 5 atom stereocenters. The Bertz CT molecular complexity index is 201. The molecule has 62 valence electrons. The van der Waals surface area contributed by atoms with E-state index in [1.807, 2.05) is 0 Å². The molecule has 3 rings (SSSR count). The predicted octanol–water partition coefficient (Wildman–Crippen LogP) is 1.78. The minimum absolute atomic E-state index is 0.699. The Balaban J connectivity index is 1.58. The van der Waals surface area contributed by atoms with Gasteiger partial charge in [0.15, 0.2) is 0 Å². The van der Waals surface area contributed by atoms with Gasteiger partial charge in [-0.15, -0.1) is 0 Å². The average Bonchev–Trinajstić information content (AvgIpc) is 2.79. The van der Waals surface area contributed by atoms with E-state index in [9.17, 15) is 0 Å². The molecule has 0 aromatic rings. The normalized spacial score (nSPS) is 63.8. The largest absolute Gasteiger partial charge is 0.308 e. The average molecular weight is 151 g/mol. The Morgan fingerprint density at radius 2 is 2.27 bits per heavy atom. The molecule has 1 nitrogen and oxygen atoms in total. The van der Waals surface area contributed by atoms with Crippen molar-refractivity contribution in [2.75, 3.05) is 0 Å². The summed E-state index contributed by atoms with van der Waals surface area (Å²) in [5.41, 5.74) is 0.699. The Morgan fingerprint density at radius 1 is 1.55 bits per heavy atom. The second-order valence-corrected chi connectivity index (χ2v) is 4.83. The number of nitrogens with one attached hydrogen (secondary N) is 1. The maximum absolute atomic E-state index is 3.83. The summed E-state index contributed by atoms with van der Waals surface area (Å²) in [4.78, 5) is 0. The maximum Gasteiger partial charge on any atom is 0.0251 e. The van der Waals surface area contributed by atoms with E-state index in [-0.39, 0.29) is 0 Å². The zero-order valence-electron chi connectivity index (χ0n) is 7.43. The van der Waals surface area contributed by atoms with Gasteiger partial charge in [-0.1, -0.05) is 20.3 Å². The van der Waals surface area contributed by atoms with Crippen LogP contribution in [0.2, 0.25) is 0 Å². The number of hydrogen-bond acceptors (Lipinski definition) is 1. The van der Waals surface area contributed by atoms with E-state index < -0.39 is 0 Å². The number of fused-ring (bicyclic) bond motifs is 1. The highest BCUT2D eigenvalue weighted by Crippen LogP contribution is 2.73. The Morgan fingerprint density at radius 3 is 2.64 bits per heavy atom. The van der Waals surface area contributed by atoms with E-state index in [2.05, 4.69) is 19.2 Å². The van der Waals surface area contributed by atoms with Crippen LogP contribution in [-0.2, 0) is 0 Å². The minimum Gasteiger partial charge on any atom is -0.308 e. The molecule has 0 aromatic carbocycles. The van der Waals surface area contributed by atoms with Crippen molar-refractivity contribution in [1.29, 1.82) is 0 Å². The Labute approximate surface area is 68.6 Å². The molecule has 0 bridgehead atoms. The third-order valence-electron chi connectivity index (χ3n) is 4.10. The molecule has 11 heavy (non-hydrogen) atoms. The van der Waals surface area contributed by atoms with Gasteiger partial charge in [-0.25, -0.2) is 0 Å². The summed E-state index contributed by atoms with van der Waals surface area (Å²) in [6.45, 7) is 4.69. The molecule has 0 radical (unpaired) electrons. The van der Waals surface area contributed by atoms with E-state index >= 15 is 0 Å². The standard InChI is InChI=1S/C10H17N/c1-3-7-8-5-10(7,8)11-9-4-6(9)2/h6-9,11H,3-5H2,1-2H3. The first-order valence-electron chi connectivity index (χ1n) is 5.05. The van der Waals surface area contributed by atoms with Crippen molar-refractivity contribution >= 4 is 0 Å². The molecular weight excluding hydrogens is 134 g/mol. The number of rotatable bonds is 3. The third-order valence-corrected chi connectivity index (χ3v) is 4.10. The van der Waals surface area contributed by atoms with Gasteiger partial charge in [0.2, 0.25) is 0 Å². The van der Waals surface area contributed by atoms with Gasteiger partial charge in [0.05, 0.1) is 0 Å². The molecule has 3 saturated carbocycles. The number of hydrogen-bond donors (Lipinski definition) is 1. The summed E-state index contributed by atoms with van der Waals surface area (Å²) in [7, 11) is 0. The lowest BCUT2D eigenvalue weighted by molar-refractivity contribution is 0.461. The van der Waals surface area contributed by atoms with E-state index in [4.69, 9.17) is 0 Å². The van der Waals surface area contributed by atoms with Crippen LogP contribution in [0.15, 0.2) is 0 Å². The van der Waals surface area contributed by atoms with Crippen molar-refractivity contribution in [1.82, 2.24) is 5.32 Å². The topological polar surface area (TPSA) is 12.0 Å². The molecule has 1 N–H and O–H groups in total. The van der Waals surface area contributed by atoms with Crippen LogP contribution in [0.5, 0.6) is 0 Å². The lowest BCUT2D eigenvalue weighted by Gasteiger charge is -2.10. The molecule has 5 unspecified atom stereocenters. The van der Waals surface area contributed by atoms with Gasteiger partial charge in [0.25, 0.3) is 0 Å². The van der Waals surface area contributed by atoms with E-state index in [1.165, 1.54) is 19.3 Å². The smallest absolute Gasteiger partial charge is 0.0251 e. The first kappa shape index (κ1) is 6.47.